The quantitative estimate of drug-likeness (QED) is 0.107. The van der Waals surface area contributed by atoms with E-state index >= 15 is 0 Å². The van der Waals surface area contributed by atoms with Crippen LogP contribution < -0.4 is 9.13 Å². The number of para-hydroxylation sites is 6. The first kappa shape index (κ1) is 56.1. The fraction of sp³-hybridized carbons (Fsp3) is 0.0488. The SMILES string of the molecule is C.C.C[n+]1ccn(-c2c3ccccc3c(-c3ccc(-c4nc5ccccc5n4-c4ccccc4)cc3)c3ccccc23)c1.C[n+]1ccn(-c2ccc(-c3c4ccccc4c(-c4ccc(-c5nc6ccccc6n5-c5ccccc5)cc4)c4ccccc34)cc2)c1. The van der Waals surface area contributed by atoms with Gasteiger partial charge in [-0.3, -0.25) is 9.13 Å². The minimum Gasteiger partial charge on any atom is -0.292 e. The number of aryl methyl sites for hydroxylation is 2. The second-order valence-electron chi connectivity index (χ2n) is 22.5. The number of benzene rings is 13. The molecule has 17 rings (SSSR count). The molecule has 0 amide bonds. The van der Waals surface area contributed by atoms with Gasteiger partial charge in [0.1, 0.15) is 47.8 Å². The summed E-state index contributed by atoms with van der Waals surface area (Å²) in [5, 5.41) is 9.91. The Bertz CT molecular complexity index is 5330. The Kier molecular flexibility index (Phi) is 14.6. The average Bonchev–Trinajstić information content (AvgIpc) is 0.904. The van der Waals surface area contributed by atoms with E-state index in [1.165, 1.54) is 82.2 Å². The zero-order chi connectivity index (χ0) is 58.7. The molecule has 4 heterocycles. The molecule has 0 aliphatic carbocycles. The molecule has 432 valence electrons. The van der Waals surface area contributed by atoms with E-state index in [-0.39, 0.29) is 14.9 Å². The summed E-state index contributed by atoms with van der Waals surface area (Å²) in [6, 6.07) is 99.5. The predicted octanol–water partition coefficient (Wildman–Crippen LogP) is 19.5. The lowest BCUT2D eigenvalue weighted by atomic mass is 9.86. The highest BCUT2D eigenvalue weighted by Gasteiger charge is 2.23. The minimum atomic E-state index is 0. The van der Waals surface area contributed by atoms with Gasteiger partial charge in [0.05, 0.1) is 36.2 Å². The number of hydrogen-bond acceptors (Lipinski definition) is 2. The molecule has 0 aliphatic rings. The highest BCUT2D eigenvalue weighted by molar-refractivity contribution is 6.22. The van der Waals surface area contributed by atoms with Crippen LogP contribution in [0.2, 0.25) is 0 Å². The molecule has 4 aromatic heterocycles. The van der Waals surface area contributed by atoms with E-state index in [1.807, 2.05) is 25.2 Å². The standard InChI is InChI=1S/C43H31N4.C37H27N4.2CH4/c1-45-27-28-46(29-45)33-25-23-31(24-26-33)42-37-15-7-5-13-35(37)41(36-14-6-8-16-38(36)42)30-19-21-32(22-20-30)43-44-39-17-9-10-18-40(39)47(43)34-11-3-2-4-12-34;1-39-23-24-40(25-39)36-31-15-7-5-13-29(31)35(30-14-6-8-16-32(30)36)26-19-21-27(22-20-26)37-38-33-17-9-10-18-34(33)41(37)28-11-3-2-4-12-28;;/h2-29H,1H3;2-25H,1H3;2*1H4/q2*+1;;. The van der Waals surface area contributed by atoms with Crippen molar-refractivity contribution in [2.45, 2.75) is 14.9 Å². The number of imidazole rings is 4. The third kappa shape index (κ3) is 9.77. The Morgan fingerprint density at radius 2 is 0.578 bits per heavy atom. The van der Waals surface area contributed by atoms with E-state index < -0.39 is 0 Å². The summed E-state index contributed by atoms with van der Waals surface area (Å²) in [4.78, 5) is 10.2. The number of fused-ring (bicyclic) bond motifs is 6. The van der Waals surface area contributed by atoms with Crippen LogP contribution in [0.25, 0.3) is 144 Å². The lowest BCUT2D eigenvalue weighted by Gasteiger charge is -2.18. The number of nitrogens with zero attached hydrogens (tertiary/aromatic N) is 8. The maximum absolute atomic E-state index is 5.09. The lowest BCUT2D eigenvalue weighted by Crippen LogP contribution is -2.23. The third-order valence-corrected chi connectivity index (χ3v) is 17.1. The summed E-state index contributed by atoms with van der Waals surface area (Å²) in [5.41, 5.74) is 18.2. The van der Waals surface area contributed by atoms with Gasteiger partial charge >= 0.3 is 0 Å². The Morgan fingerprint density at radius 1 is 0.278 bits per heavy atom. The molecule has 17 aromatic rings. The Hall–Kier alpha value is -11.7. The predicted molar refractivity (Wildman–Crippen MR) is 374 cm³/mol. The van der Waals surface area contributed by atoms with Crippen LogP contribution in [0.3, 0.4) is 0 Å². The van der Waals surface area contributed by atoms with E-state index in [9.17, 15) is 0 Å². The van der Waals surface area contributed by atoms with Crippen molar-refractivity contribution in [1.82, 2.24) is 28.2 Å². The summed E-state index contributed by atoms with van der Waals surface area (Å²) in [7, 11) is 4.10. The van der Waals surface area contributed by atoms with Gasteiger partial charge in [0, 0.05) is 33.3 Å². The van der Waals surface area contributed by atoms with E-state index in [2.05, 4.69) is 333 Å². The molecule has 90 heavy (non-hydrogen) atoms. The first-order valence-electron chi connectivity index (χ1n) is 29.8. The van der Waals surface area contributed by atoms with Crippen molar-refractivity contribution >= 4 is 65.2 Å². The highest BCUT2D eigenvalue weighted by atomic mass is 15.1. The van der Waals surface area contributed by atoms with Crippen LogP contribution in [-0.2, 0) is 14.1 Å². The average molecular weight is 1160 g/mol. The molecule has 0 atom stereocenters. The van der Waals surface area contributed by atoms with Gasteiger partial charge in [0.2, 0.25) is 12.7 Å². The molecule has 0 saturated heterocycles. The zero-order valence-electron chi connectivity index (χ0n) is 48.6. The van der Waals surface area contributed by atoms with Gasteiger partial charge in [-0.25, -0.2) is 28.2 Å². The minimum absolute atomic E-state index is 0. The molecule has 8 heteroatoms. The van der Waals surface area contributed by atoms with E-state index in [0.717, 1.165) is 61.9 Å². The van der Waals surface area contributed by atoms with Crippen LogP contribution in [0, 0.1) is 0 Å². The van der Waals surface area contributed by atoms with Gasteiger partial charge in [-0.15, -0.1) is 0 Å². The molecule has 0 aliphatic heterocycles. The molecule has 0 fully saturated rings. The first-order chi connectivity index (χ1) is 43.5. The molecule has 0 unspecified atom stereocenters. The largest absolute Gasteiger partial charge is 0.292 e. The summed E-state index contributed by atoms with van der Waals surface area (Å²) in [6.07, 6.45) is 12.6. The molecule has 13 aromatic carbocycles. The Labute approximate surface area is 524 Å². The summed E-state index contributed by atoms with van der Waals surface area (Å²) >= 11 is 0. The monoisotopic (exact) mass is 1160 g/mol. The molecule has 8 nitrogen and oxygen atoms in total. The maximum atomic E-state index is 5.09. The summed E-state index contributed by atoms with van der Waals surface area (Å²) in [5.74, 6) is 1.88. The number of rotatable bonds is 9. The van der Waals surface area contributed by atoms with E-state index in [0.29, 0.717) is 0 Å². The summed E-state index contributed by atoms with van der Waals surface area (Å²) in [6.45, 7) is 0. The van der Waals surface area contributed by atoms with Gasteiger partial charge in [0.15, 0.2) is 0 Å². The second kappa shape index (κ2) is 23.5. The van der Waals surface area contributed by atoms with Crippen molar-refractivity contribution in [3.05, 3.63) is 316 Å². The number of hydrogen-bond donors (Lipinski definition) is 0. The van der Waals surface area contributed by atoms with Crippen LogP contribution >= 0.6 is 0 Å². The molecule has 0 radical (unpaired) electrons. The smallest absolute Gasteiger partial charge is 0.248 e. The lowest BCUT2D eigenvalue weighted by molar-refractivity contribution is -0.670. The van der Waals surface area contributed by atoms with Gasteiger partial charge in [-0.1, -0.05) is 233 Å². The maximum Gasteiger partial charge on any atom is 0.248 e. The number of aromatic nitrogens is 8. The van der Waals surface area contributed by atoms with Crippen LogP contribution in [0.4, 0.5) is 0 Å². The molecule has 0 saturated carbocycles. The normalized spacial score (nSPS) is 11.3. The van der Waals surface area contributed by atoms with Gasteiger partial charge in [-0.05, 0) is 126 Å². The van der Waals surface area contributed by atoms with Gasteiger partial charge in [-0.2, -0.15) is 0 Å². The molecular formula is C82H66N8+2. The topological polar surface area (TPSA) is 53.3 Å². The van der Waals surface area contributed by atoms with Crippen LogP contribution in [-0.4, -0.2) is 28.2 Å². The molecular weight excluding hydrogens is 1100 g/mol. The van der Waals surface area contributed by atoms with Crippen molar-refractivity contribution in [3.8, 4) is 78.9 Å². The van der Waals surface area contributed by atoms with Crippen molar-refractivity contribution < 1.29 is 9.13 Å². The van der Waals surface area contributed by atoms with Crippen LogP contribution in [0.5, 0.6) is 0 Å². The molecule has 0 spiro atoms. The van der Waals surface area contributed by atoms with Crippen LogP contribution in [0.15, 0.2) is 316 Å². The van der Waals surface area contributed by atoms with Gasteiger partial charge in [0.25, 0.3) is 0 Å². The summed E-state index contributed by atoms with van der Waals surface area (Å²) < 4.78 is 13.0. The van der Waals surface area contributed by atoms with Crippen molar-refractivity contribution in [2.24, 2.45) is 14.1 Å². The third-order valence-electron chi connectivity index (χ3n) is 17.1. The first-order valence-corrected chi connectivity index (χ1v) is 29.8. The fourth-order valence-corrected chi connectivity index (χ4v) is 13.1. The van der Waals surface area contributed by atoms with Crippen molar-refractivity contribution in [1.29, 1.82) is 0 Å². The van der Waals surface area contributed by atoms with Crippen molar-refractivity contribution in [2.75, 3.05) is 0 Å². The van der Waals surface area contributed by atoms with E-state index in [4.69, 9.17) is 9.97 Å². The second-order valence-corrected chi connectivity index (χ2v) is 22.5. The Morgan fingerprint density at radius 3 is 0.944 bits per heavy atom. The molecule has 0 N–H and O–H groups in total. The van der Waals surface area contributed by atoms with E-state index in [1.54, 1.807) is 0 Å². The Balaban J connectivity index is 0.000000155. The highest BCUT2D eigenvalue weighted by Crippen LogP contribution is 2.45. The van der Waals surface area contributed by atoms with Crippen molar-refractivity contribution in [3.63, 3.8) is 0 Å². The molecule has 0 bridgehead atoms. The van der Waals surface area contributed by atoms with Gasteiger partial charge < -0.3 is 0 Å². The van der Waals surface area contributed by atoms with Crippen LogP contribution in [0.1, 0.15) is 14.9 Å². The fourth-order valence-electron chi connectivity index (χ4n) is 13.1. The zero-order valence-corrected chi connectivity index (χ0v) is 48.6.